The van der Waals surface area contributed by atoms with Crippen molar-refractivity contribution in [3.63, 3.8) is 0 Å². The summed E-state index contributed by atoms with van der Waals surface area (Å²) in [5.74, 6) is -1.85. The number of carbonyl (C=O) groups is 3. The fraction of sp³-hybridized carbons (Fsp3) is 0.500. The predicted molar refractivity (Wildman–Crippen MR) is 104 cm³/mol. The van der Waals surface area contributed by atoms with E-state index in [1.807, 2.05) is 13.8 Å². The molecule has 0 spiro atoms. The minimum atomic E-state index is -3.86. The first-order chi connectivity index (χ1) is 13.4. The molecule has 0 bridgehead atoms. The number of alkyl carbamates (subject to hydrolysis) is 1. The third-order valence-corrected chi connectivity index (χ3v) is 4.83. The first-order valence-corrected chi connectivity index (χ1v) is 10.6. The summed E-state index contributed by atoms with van der Waals surface area (Å²) in [4.78, 5) is 35.8. The van der Waals surface area contributed by atoms with Gasteiger partial charge in [0.05, 0.1) is 11.5 Å². The molecule has 1 aromatic carbocycles. The fourth-order valence-corrected chi connectivity index (χ4v) is 3.06. The second kappa shape index (κ2) is 10.8. The second-order valence-corrected chi connectivity index (χ2v) is 8.40. The van der Waals surface area contributed by atoms with Crippen LogP contribution in [0.3, 0.4) is 0 Å². The number of amides is 2. The van der Waals surface area contributed by atoms with Crippen LogP contribution >= 0.6 is 0 Å². The summed E-state index contributed by atoms with van der Waals surface area (Å²) < 4.78 is 27.5. The molecule has 5 N–H and O–H groups in total. The number of carboxylic acid groups (broad SMARTS) is 1. The van der Waals surface area contributed by atoms with Gasteiger partial charge in [0.1, 0.15) is 12.1 Å². The van der Waals surface area contributed by atoms with Crippen molar-refractivity contribution in [2.75, 3.05) is 6.61 Å². The highest BCUT2D eigenvalue weighted by atomic mass is 32.2. The lowest BCUT2D eigenvalue weighted by Gasteiger charge is -2.22. The normalized spacial score (nSPS) is 13.4. The average molecular weight is 429 g/mol. The van der Waals surface area contributed by atoms with Crippen LogP contribution in [0.2, 0.25) is 0 Å². The van der Waals surface area contributed by atoms with Gasteiger partial charge in [0.25, 0.3) is 0 Å². The second-order valence-electron chi connectivity index (χ2n) is 6.84. The van der Waals surface area contributed by atoms with Gasteiger partial charge in [-0.05, 0) is 37.0 Å². The molecule has 0 aliphatic rings. The summed E-state index contributed by atoms with van der Waals surface area (Å²) in [5.41, 5.74) is 0.532. The Balaban J connectivity index is 3.01. The average Bonchev–Trinajstić information content (AvgIpc) is 2.60. The van der Waals surface area contributed by atoms with Crippen molar-refractivity contribution in [2.45, 2.75) is 50.6 Å². The van der Waals surface area contributed by atoms with Gasteiger partial charge < -0.3 is 20.5 Å². The molecule has 2 atom stereocenters. The maximum atomic E-state index is 12.6. The van der Waals surface area contributed by atoms with Gasteiger partial charge in [-0.15, -0.1) is 0 Å². The molecule has 2 amide bonds. The largest absolute Gasteiger partial charge is 0.480 e. The summed E-state index contributed by atoms with van der Waals surface area (Å²) in [6.45, 7) is 5.34. The molecule has 0 aliphatic heterocycles. The van der Waals surface area contributed by atoms with Crippen molar-refractivity contribution < 1.29 is 32.6 Å². The van der Waals surface area contributed by atoms with E-state index in [1.54, 1.807) is 6.92 Å². The molecule has 0 radical (unpaired) electrons. The SMILES string of the molecule is CCOC(=O)N[C@@H](Cc1ccc(S(N)(=O)=O)cc1)C(=O)N[C@@H](CC(C)C)C(=O)O. The molecule has 162 valence electrons. The molecule has 0 aromatic heterocycles. The summed E-state index contributed by atoms with van der Waals surface area (Å²) in [6.07, 6.45) is -0.621. The van der Waals surface area contributed by atoms with E-state index in [0.29, 0.717) is 5.56 Å². The molecule has 0 saturated carbocycles. The predicted octanol–water partition coefficient (Wildman–Crippen LogP) is 0.607. The first-order valence-electron chi connectivity index (χ1n) is 9.02. The van der Waals surface area contributed by atoms with Crippen molar-refractivity contribution >= 4 is 28.0 Å². The molecular formula is C18H27N3O7S. The van der Waals surface area contributed by atoms with E-state index in [2.05, 4.69) is 10.6 Å². The highest BCUT2D eigenvalue weighted by molar-refractivity contribution is 7.89. The van der Waals surface area contributed by atoms with Gasteiger partial charge in [-0.2, -0.15) is 0 Å². The monoisotopic (exact) mass is 429 g/mol. The lowest BCUT2D eigenvalue weighted by molar-refractivity contribution is -0.142. The third-order valence-electron chi connectivity index (χ3n) is 3.90. The van der Waals surface area contributed by atoms with Gasteiger partial charge in [-0.3, -0.25) is 4.79 Å². The number of rotatable bonds is 10. The van der Waals surface area contributed by atoms with Crippen LogP contribution in [0.25, 0.3) is 0 Å². The number of hydrogen-bond acceptors (Lipinski definition) is 6. The van der Waals surface area contributed by atoms with Gasteiger partial charge in [0.2, 0.25) is 15.9 Å². The van der Waals surface area contributed by atoms with E-state index < -0.39 is 40.1 Å². The summed E-state index contributed by atoms with van der Waals surface area (Å²) in [5, 5.41) is 19.2. The number of nitrogens with two attached hydrogens (primary N) is 1. The highest BCUT2D eigenvalue weighted by Crippen LogP contribution is 2.12. The van der Waals surface area contributed by atoms with Crippen LogP contribution in [0, 0.1) is 5.92 Å². The Kier molecular flexibility index (Phi) is 9.05. The van der Waals surface area contributed by atoms with Crippen molar-refractivity contribution in [1.82, 2.24) is 10.6 Å². The van der Waals surface area contributed by atoms with Gasteiger partial charge in [0.15, 0.2) is 0 Å². The quantitative estimate of drug-likeness (QED) is 0.423. The van der Waals surface area contributed by atoms with Crippen LogP contribution < -0.4 is 15.8 Å². The Hall–Kier alpha value is -2.66. The van der Waals surface area contributed by atoms with E-state index >= 15 is 0 Å². The number of sulfonamides is 1. The third kappa shape index (κ3) is 8.48. The van der Waals surface area contributed by atoms with Crippen LogP contribution in [0.15, 0.2) is 29.2 Å². The molecule has 1 rings (SSSR count). The molecule has 0 fully saturated rings. The Labute approximate surface area is 169 Å². The fourth-order valence-electron chi connectivity index (χ4n) is 2.54. The number of primary sulfonamides is 1. The minimum Gasteiger partial charge on any atom is -0.480 e. The van der Waals surface area contributed by atoms with Crippen molar-refractivity contribution in [3.05, 3.63) is 29.8 Å². The van der Waals surface area contributed by atoms with E-state index in [0.717, 1.165) is 0 Å². The Morgan fingerprint density at radius 1 is 1.10 bits per heavy atom. The number of nitrogens with one attached hydrogen (secondary N) is 2. The molecule has 0 heterocycles. The number of carbonyl (C=O) groups excluding carboxylic acids is 2. The molecular weight excluding hydrogens is 402 g/mol. The number of carboxylic acids is 1. The molecule has 0 unspecified atom stereocenters. The summed E-state index contributed by atoms with van der Waals surface area (Å²) in [6, 6.07) is 3.24. The van der Waals surface area contributed by atoms with Crippen molar-refractivity contribution in [1.29, 1.82) is 0 Å². The van der Waals surface area contributed by atoms with Crippen LogP contribution in [-0.4, -0.2) is 50.2 Å². The van der Waals surface area contributed by atoms with Gasteiger partial charge in [0, 0.05) is 6.42 Å². The molecule has 1 aromatic rings. The van der Waals surface area contributed by atoms with Crippen LogP contribution in [0.5, 0.6) is 0 Å². The summed E-state index contributed by atoms with van der Waals surface area (Å²) in [7, 11) is -3.86. The van der Waals surface area contributed by atoms with E-state index in [9.17, 15) is 27.9 Å². The maximum absolute atomic E-state index is 12.6. The molecule has 11 heteroatoms. The topological polar surface area (TPSA) is 165 Å². The van der Waals surface area contributed by atoms with Crippen LogP contribution in [0.4, 0.5) is 4.79 Å². The zero-order valence-electron chi connectivity index (χ0n) is 16.5. The van der Waals surface area contributed by atoms with Gasteiger partial charge in [-0.1, -0.05) is 26.0 Å². The van der Waals surface area contributed by atoms with Crippen molar-refractivity contribution in [2.24, 2.45) is 11.1 Å². The van der Waals surface area contributed by atoms with Crippen molar-refractivity contribution in [3.8, 4) is 0 Å². The lowest BCUT2D eigenvalue weighted by Crippen LogP contribution is -2.52. The number of aliphatic carboxylic acids is 1. The van der Waals surface area contributed by atoms with E-state index in [4.69, 9.17) is 9.88 Å². The zero-order chi connectivity index (χ0) is 22.2. The van der Waals surface area contributed by atoms with E-state index in [-0.39, 0.29) is 30.3 Å². The Bertz CT molecular complexity index is 822. The molecule has 10 nitrogen and oxygen atoms in total. The smallest absolute Gasteiger partial charge is 0.407 e. The summed E-state index contributed by atoms with van der Waals surface area (Å²) >= 11 is 0. The number of hydrogen-bond donors (Lipinski definition) is 4. The number of ether oxygens (including phenoxy) is 1. The van der Waals surface area contributed by atoms with Gasteiger partial charge in [-0.25, -0.2) is 23.1 Å². The van der Waals surface area contributed by atoms with Gasteiger partial charge >= 0.3 is 12.1 Å². The van der Waals surface area contributed by atoms with Crippen LogP contribution in [-0.2, 0) is 30.8 Å². The van der Waals surface area contributed by atoms with E-state index in [1.165, 1.54) is 24.3 Å². The molecule has 0 saturated heterocycles. The van der Waals surface area contributed by atoms with Crippen LogP contribution in [0.1, 0.15) is 32.8 Å². The Morgan fingerprint density at radius 3 is 2.14 bits per heavy atom. The molecule has 0 aliphatic carbocycles. The maximum Gasteiger partial charge on any atom is 0.407 e. The minimum absolute atomic E-state index is 0.0104. The molecule has 29 heavy (non-hydrogen) atoms. The lowest BCUT2D eigenvalue weighted by atomic mass is 10.0. The Morgan fingerprint density at radius 2 is 1.69 bits per heavy atom. The zero-order valence-corrected chi connectivity index (χ0v) is 17.4. The highest BCUT2D eigenvalue weighted by Gasteiger charge is 2.27. The first kappa shape index (κ1) is 24.4. The number of benzene rings is 1. The standard InChI is InChI=1S/C18H27N3O7S/c1-4-28-18(25)21-14(16(22)20-15(17(23)24)9-11(2)3)10-12-5-7-13(8-6-12)29(19,26)27/h5-8,11,14-15H,4,9-10H2,1-3H3,(H,20,22)(H,21,25)(H,23,24)(H2,19,26,27)/t14-,15-/m0/s1.